The molecule has 0 saturated carbocycles. The van der Waals surface area contributed by atoms with E-state index in [1.165, 1.54) is 21.7 Å². The number of piperidine rings is 1. The monoisotopic (exact) mass is 498 g/mol. The van der Waals surface area contributed by atoms with Crippen LogP contribution in [0.5, 0.6) is 0 Å². The highest BCUT2D eigenvalue weighted by atomic mass is 32.1. The van der Waals surface area contributed by atoms with E-state index in [-0.39, 0.29) is 29.7 Å². The zero-order chi connectivity index (χ0) is 23.5. The number of hydrogen-bond acceptors (Lipinski definition) is 6. The Hall–Kier alpha value is -2.52. The van der Waals surface area contributed by atoms with Gasteiger partial charge in [-0.25, -0.2) is 4.98 Å². The van der Waals surface area contributed by atoms with Crippen molar-refractivity contribution >= 4 is 44.7 Å². The second-order valence-electron chi connectivity index (χ2n) is 9.16. The molecule has 2 amide bonds. The van der Waals surface area contributed by atoms with Crippen molar-refractivity contribution in [3.8, 4) is 0 Å². The zero-order valence-corrected chi connectivity index (χ0v) is 20.9. The minimum Gasteiger partial charge on any atom is -0.355 e. The summed E-state index contributed by atoms with van der Waals surface area (Å²) in [4.78, 5) is 48.1. The standard InChI is InChI=1S/C25H30N4O3S2/c30-21(28-12-8-17(9-13-28)23(31)26-11-7-18-4-3-15-33-18)10-14-29-16-27-24-22(25(29)32)19-5-1-2-6-20(19)34-24/h3-4,15-17H,1-2,5-14H2,(H,26,31). The molecule has 1 fully saturated rings. The Morgan fingerprint density at radius 3 is 2.79 bits per heavy atom. The van der Waals surface area contributed by atoms with Crippen molar-refractivity contribution in [3.63, 3.8) is 0 Å². The normalized spacial score (nSPS) is 16.5. The molecule has 0 aromatic carbocycles. The number of thiophene rings is 2. The first-order valence-corrected chi connectivity index (χ1v) is 13.9. The lowest BCUT2D eigenvalue weighted by atomic mass is 9.95. The summed E-state index contributed by atoms with van der Waals surface area (Å²) in [6.45, 7) is 2.17. The van der Waals surface area contributed by atoms with E-state index in [1.807, 2.05) is 16.3 Å². The van der Waals surface area contributed by atoms with Gasteiger partial charge in [0, 0.05) is 48.3 Å². The third kappa shape index (κ3) is 4.95. The lowest BCUT2D eigenvalue weighted by Gasteiger charge is -2.31. The molecule has 180 valence electrons. The number of fused-ring (bicyclic) bond motifs is 3. The average Bonchev–Trinajstić information content (AvgIpc) is 3.51. The highest BCUT2D eigenvalue weighted by Gasteiger charge is 2.27. The van der Waals surface area contributed by atoms with Gasteiger partial charge in [0.25, 0.3) is 5.56 Å². The summed E-state index contributed by atoms with van der Waals surface area (Å²) in [5, 5.41) is 5.85. The van der Waals surface area contributed by atoms with Crippen LogP contribution < -0.4 is 10.9 Å². The van der Waals surface area contributed by atoms with Gasteiger partial charge in [0.1, 0.15) is 4.83 Å². The SMILES string of the molecule is O=C(NCCc1cccs1)C1CCN(C(=O)CCn2cnc3sc4c(c3c2=O)CCCC4)CC1. The minimum atomic E-state index is -0.0358. The van der Waals surface area contributed by atoms with E-state index in [4.69, 9.17) is 0 Å². The molecule has 3 aromatic rings. The van der Waals surface area contributed by atoms with Crippen molar-refractivity contribution in [2.75, 3.05) is 19.6 Å². The Morgan fingerprint density at radius 2 is 2.00 bits per heavy atom. The van der Waals surface area contributed by atoms with Crippen LogP contribution in [0.4, 0.5) is 0 Å². The molecule has 7 nitrogen and oxygen atoms in total. The van der Waals surface area contributed by atoms with Crippen molar-refractivity contribution < 1.29 is 9.59 Å². The first kappa shape index (κ1) is 23.2. The number of amides is 2. The van der Waals surface area contributed by atoms with E-state index in [0.717, 1.165) is 35.9 Å². The summed E-state index contributed by atoms with van der Waals surface area (Å²) >= 11 is 3.35. The Labute approximate surface area is 206 Å². The molecule has 4 heterocycles. The molecule has 3 aromatic heterocycles. The molecule has 0 spiro atoms. The predicted molar refractivity (Wildman–Crippen MR) is 135 cm³/mol. The quantitative estimate of drug-likeness (QED) is 0.541. The van der Waals surface area contributed by atoms with E-state index in [2.05, 4.69) is 16.4 Å². The van der Waals surface area contributed by atoms with Crippen LogP contribution in [0.1, 0.15) is 47.4 Å². The number of aromatic nitrogens is 2. The summed E-state index contributed by atoms with van der Waals surface area (Å²) in [7, 11) is 0. The number of likely N-dealkylation sites (tertiary alicyclic amines) is 1. The summed E-state index contributed by atoms with van der Waals surface area (Å²) in [6, 6.07) is 4.10. The van der Waals surface area contributed by atoms with Gasteiger partial charge < -0.3 is 10.2 Å². The number of carbonyl (C=O) groups excluding carboxylic acids is 2. The molecular formula is C25H30N4O3S2. The number of aryl methyl sites for hydroxylation is 3. The van der Waals surface area contributed by atoms with Crippen LogP contribution in [0.2, 0.25) is 0 Å². The molecule has 1 saturated heterocycles. The van der Waals surface area contributed by atoms with Gasteiger partial charge in [-0.05, 0) is 62.0 Å². The summed E-state index contributed by atoms with van der Waals surface area (Å²) < 4.78 is 1.59. The second-order valence-corrected chi connectivity index (χ2v) is 11.3. The third-order valence-corrected chi connectivity index (χ3v) is 9.11. The third-order valence-electron chi connectivity index (χ3n) is 6.98. The molecule has 0 radical (unpaired) electrons. The number of rotatable bonds is 7. The van der Waals surface area contributed by atoms with Crippen LogP contribution in [-0.4, -0.2) is 45.9 Å². The van der Waals surface area contributed by atoms with Crippen LogP contribution in [0, 0.1) is 5.92 Å². The fourth-order valence-corrected chi connectivity index (χ4v) is 6.94. The van der Waals surface area contributed by atoms with E-state index in [9.17, 15) is 14.4 Å². The summed E-state index contributed by atoms with van der Waals surface area (Å²) in [5.74, 6) is 0.0935. The van der Waals surface area contributed by atoms with Gasteiger partial charge in [0.05, 0.1) is 11.7 Å². The summed E-state index contributed by atoms with van der Waals surface area (Å²) in [6.07, 6.45) is 8.38. The van der Waals surface area contributed by atoms with Crippen LogP contribution >= 0.6 is 22.7 Å². The molecule has 0 bridgehead atoms. The molecule has 1 aliphatic carbocycles. The largest absolute Gasteiger partial charge is 0.355 e. The fourth-order valence-electron chi connectivity index (χ4n) is 5.01. The van der Waals surface area contributed by atoms with E-state index >= 15 is 0 Å². The number of nitrogens with zero attached hydrogens (tertiary/aromatic N) is 3. The molecule has 9 heteroatoms. The maximum absolute atomic E-state index is 13.1. The maximum Gasteiger partial charge on any atom is 0.262 e. The minimum absolute atomic E-state index is 0.0184. The molecule has 2 aliphatic rings. The van der Waals surface area contributed by atoms with Crippen LogP contribution in [0.15, 0.2) is 28.6 Å². The topological polar surface area (TPSA) is 84.3 Å². The fraction of sp³-hybridized carbons (Fsp3) is 0.520. The van der Waals surface area contributed by atoms with E-state index in [0.29, 0.717) is 39.0 Å². The average molecular weight is 499 g/mol. The van der Waals surface area contributed by atoms with E-state index < -0.39 is 0 Å². The molecule has 34 heavy (non-hydrogen) atoms. The Balaban J connectivity index is 1.11. The molecular weight excluding hydrogens is 468 g/mol. The number of nitrogens with one attached hydrogen (secondary N) is 1. The Bertz CT molecular complexity index is 1220. The van der Waals surface area contributed by atoms with Crippen molar-refractivity contribution in [1.29, 1.82) is 0 Å². The van der Waals surface area contributed by atoms with Crippen molar-refractivity contribution in [2.24, 2.45) is 5.92 Å². The first-order chi connectivity index (χ1) is 16.6. The van der Waals surface area contributed by atoms with Gasteiger partial charge in [0.2, 0.25) is 11.8 Å². The van der Waals surface area contributed by atoms with Gasteiger partial charge in [-0.3, -0.25) is 19.0 Å². The first-order valence-electron chi connectivity index (χ1n) is 12.2. The highest BCUT2D eigenvalue weighted by molar-refractivity contribution is 7.18. The van der Waals surface area contributed by atoms with Gasteiger partial charge >= 0.3 is 0 Å². The van der Waals surface area contributed by atoms with Crippen LogP contribution in [0.3, 0.4) is 0 Å². The number of hydrogen-bond donors (Lipinski definition) is 1. The van der Waals surface area contributed by atoms with Crippen LogP contribution in [0.25, 0.3) is 10.2 Å². The Morgan fingerprint density at radius 1 is 1.18 bits per heavy atom. The van der Waals surface area contributed by atoms with Crippen molar-refractivity contribution in [3.05, 3.63) is 49.5 Å². The molecule has 0 unspecified atom stereocenters. The second kappa shape index (κ2) is 10.4. The van der Waals surface area contributed by atoms with Crippen molar-refractivity contribution in [1.82, 2.24) is 19.8 Å². The van der Waals surface area contributed by atoms with Gasteiger partial charge in [-0.15, -0.1) is 22.7 Å². The molecule has 1 aliphatic heterocycles. The number of carbonyl (C=O) groups is 2. The van der Waals surface area contributed by atoms with Gasteiger partial charge in [-0.1, -0.05) is 6.07 Å². The lowest BCUT2D eigenvalue weighted by Crippen LogP contribution is -2.43. The zero-order valence-electron chi connectivity index (χ0n) is 19.3. The van der Waals surface area contributed by atoms with E-state index in [1.54, 1.807) is 33.6 Å². The van der Waals surface area contributed by atoms with Gasteiger partial charge in [-0.2, -0.15) is 0 Å². The molecule has 5 rings (SSSR count). The van der Waals surface area contributed by atoms with Crippen LogP contribution in [-0.2, 0) is 35.4 Å². The highest BCUT2D eigenvalue weighted by Crippen LogP contribution is 2.33. The smallest absolute Gasteiger partial charge is 0.262 e. The molecule has 0 atom stereocenters. The lowest BCUT2D eigenvalue weighted by molar-refractivity contribution is -0.135. The predicted octanol–water partition coefficient (Wildman–Crippen LogP) is 3.39. The van der Waals surface area contributed by atoms with Crippen molar-refractivity contribution in [2.45, 2.75) is 57.9 Å². The maximum atomic E-state index is 13.1. The van der Waals surface area contributed by atoms with Gasteiger partial charge in [0.15, 0.2) is 0 Å². The molecule has 1 N–H and O–H groups in total. The summed E-state index contributed by atoms with van der Waals surface area (Å²) in [5.41, 5.74) is 1.16. The Kier molecular flexibility index (Phi) is 7.10.